The lowest BCUT2D eigenvalue weighted by Crippen LogP contribution is -1.88. The Labute approximate surface area is 138 Å². The van der Waals surface area contributed by atoms with Crippen LogP contribution in [0.15, 0.2) is 59.5 Å². The minimum absolute atomic E-state index is 0.910. The highest BCUT2D eigenvalue weighted by molar-refractivity contribution is 14.1. The average Bonchev–Trinajstić information content (AvgIpc) is 2.49. The molecule has 0 radical (unpaired) electrons. The molecule has 0 N–H and O–H groups in total. The first kappa shape index (κ1) is 13.6. The van der Waals surface area contributed by atoms with Crippen molar-refractivity contribution < 1.29 is 0 Å². The number of aromatic nitrogens is 3. The molecule has 0 fully saturated rings. The Hall–Kier alpha value is -1.34. The number of halogens is 2. The van der Waals surface area contributed by atoms with Gasteiger partial charge in [-0.15, -0.1) is 0 Å². The van der Waals surface area contributed by atoms with Gasteiger partial charge in [0.2, 0.25) is 0 Å². The minimum atomic E-state index is 0.910. The molecular formula is C15H9BrIN3. The van der Waals surface area contributed by atoms with Crippen molar-refractivity contribution >= 4 is 38.5 Å². The molecule has 0 bridgehead atoms. The molecule has 0 amide bonds. The maximum absolute atomic E-state index is 4.48. The summed E-state index contributed by atoms with van der Waals surface area (Å²) < 4.78 is 1.94. The van der Waals surface area contributed by atoms with Gasteiger partial charge in [0.05, 0.1) is 11.4 Å². The molecule has 3 aromatic rings. The molecule has 0 aliphatic heterocycles. The number of pyridine rings is 3. The number of hydrogen-bond acceptors (Lipinski definition) is 3. The highest BCUT2D eigenvalue weighted by Gasteiger charge is 2.03. The Morgan fingerprint density at radius 2 is 1.30 bits per heavy atom. The van der Waals surface area contributed by atoms with Crippen LogP contribution in [0.4, 0.5) is 0 Å². The summed E-state index contributed by atoms with van der Waals surface area (Å²) in [6.07, 6.45) is 5.46. The van der Waals surface area contributed by atoms with Crippen LogP contribution in [0.25, 0.3) is 22.5 Å². The van der Waals surface area contributed by atoms with E-state index in [0.717, 1.165) is 30.7 Å². The van der Waals surface area contributed by atoms with Crippen LogP contribution in [-0.4, -0.2) is 15.0 Å². The van der Waals surface area contributed by atoms with Gasteiger partial charge in [0, 0.05) is 34.2 Å². The molecule has 5 heteroatoms. The Balaban J connectivity index is 1.91. The lowest BCUT2D eigenvalue weighted by Gasteiger charge is -2.03. The summed E-state index contributed by atoms with van der Waals surface area (Å²) in [5.41, 5.74) is 3.84. The van der Waals surface area contributed by atoms with Gasteiger partial charge < -0.3 is 0 Å². The van der Waals surface area contributed by atoms with E-state index in [-0.39, 0.29) is 0 Å². The van der Waals surface area contributed by atoms with Crippen molar-refractivity contribution in [3.05, 3.63) is 63.2 Å². The van der Waals surface area contributed by atoms with Crippen molar-refractivity contribution in [2.24, 2.45) is 0 Å². The van der Waals surface area contributed by atoms with E-state index < -0.39 is 0 Å². The van der Waals surface area contributed by atoms with Gasteiger partial charge in [0.1, 0.15) is 3.70 Å². The molecule has 98 valence electrons. The summed E-state index contributed by atoms with van der Waals surface area (Å²) in [5.74, 6) is 0. The first-order chi connectivity index (χ1) is 9.72. The third-order valence-electron chi connectivity index (χ3n) is 2.81. The van der Waals surface area contributed by atoms with E-state index in [1.54, 1.807) is 6.20 Å². The summed E-state index contributed by atoms with van der Waals surface area (Å²) in [5, 5.41) is 0. The van der Waals surface area contributed by atoms with Crippen molar-refractivity contribution in [2.45, 2.75) is 0 Å². The first-order valence-corrected chi connectivity index (χ1v) is 7.79. The summed E-state index contributed by atoms with van der Waals surface area (Å²) in [4.78, 5) is 13.1. The molecule has 3 nitrogen and oxygen atoms in total. The first-order valence-electron chi connectivity index (χ1n) is 5.92. The largest absolute Gasteiger partial charge is 0.256 e. The predicted octanol–water partition coefficient (Wildman–Crippen LogP) is 4.57. The van der Waals surface area contributed by atoms with Crippen LogP contribution in [-0.2, 0) is 0 Å². The lowest BCUT2D eigenvalue weighted by molar-refractivity contribution is 1.24. The van der Waals surface area contributed by atoms with Crippen molar-refractivity contribution in [2.75, 3.05) is 0 Å². The Morgan fingerprint density at radius 1 is 0.700 bits per heavy atom. The highest BCUT2D eigenvalue weighted by Crippen LogP contribution is 2.22. The molecule has 3 aromatic heterocycles. The van der Waals surface area contributed by atoms with E-state index in [1.807, 2.05) is 48.8 Å². The van der Waals surface area contributed by atoms with Crippen LogP contribution >= 0.6 is 38.5 Å². The van der Waals surface area contributed by atoms with Gasteiger partial charge in [-0.3, -0.25) is 9.97 Å². The third kappa shape index (κ3) is 3.04. The molecule has 0 saturated carbocycles. The van der Waals surface area contributed by atoms with E-state index in [4.69, 9.17) is 0 Å². The molecule has 0 saturated heterocycles. The molecule has 0 unspecified atom stereocenters. The zero-order valence-corrected chi connectivity index (χ0v) is 14.0. The second-order valence-electron chi connectivity index (χ2n) is 4.16. The minimum Gasteiger partial charge on any atom is -0.256 e. The molecule has 0 aromatic carbocycles. The Morgan fingerprint density at radius 3 is 1.80 bits per heavy atom. The third-order valence-corrected chi connectivity index (χ3v) is 3.92. The van der Waals surface area contributed by atoms with Gasteiger partial charge in [-0.2, -0.15) is 0 Å². The number of rotatable bonds is 2. The summed E-state index contributed by atoms with van der Waals surface area (Å²) in [6.45, 7) is 0. The fourth-order valence-corrected chi connectivity index (χ4v) is 2.34. The number of hydrogen-bond donors (Lipinski definition) is 0. The molecular weight excluding hydrogens is 429 g/mol. The quantitative estimate of drug-likeness (QED) is 0.435. The monoisotopic (exact) mass is 437 g/mol. The van der Waals surface area contributed by atoms with Crippen molar-refractivity contribution in [1.82, 2.24) is 15.0 Å². The SMILES string of the molecule is Brc1ccc(-c2ccc(-c3ccc(I)nc3)nc2)nc1. The average molecular weight is 438 g/mol. The van der Waals surface area contributed by atoms with Crippen LogP contribution in [0.2, 0.25) is 0 Å². The van der Waals surface area contributed by atoms with Crippen molar-refractivity contribution in [3.63, 3.8) is 0 Å². The lowest BCUT2D eigenvalue weighted by atomic mass is 10.1. The van der Waals surface area contributed by atoms with Crippen LogP contribution in [0.1, 0.15) is 0 Å². The normalized spacial score (nSPS) is 10.5. The van der Waals surface area contributed by atoms with Crippen molar-refractivity contribution in [3.8, 4) is 22.5 Å². The number of nitrogens with zero attached hydrogens (tertiary/aromatic N) is 3. The summed E-state index contributed by atoms with van der Waals surface area (Å²) in [7, 11) is 0. The summed E-state index contributed by atoms with van der Waals surface area (Å²) >= 11 is 5.57. The van der Waals surface area contributed by atoms with E-state index >= 15 is 0 Å². The zero-order chi connectivity index (χ0) is 13.9. The molecule has 0 atom stereocenters. The van der Waals surface area contributed by atoms with Crippen LogP contribution in [0, 0.1) is 3.70 Å². The molecule has 3 heterocycles. The fraction of sp³-hybridized carbons (Fsp3) is 0. The second-order valence-corrected chi connectivity index (χ2v) is 6.18. The zero-order valence-electron chi connectivity index (χ0n) is 10.3. The Bertz CT molecular complexity index is 645. The van der Waals surface area contributed by atoms with Gasteiger partial charge in [-0.25, -0.2) is 4.98 Å². The van der Waals surface area contributed by atoms with Gasteiger partial charge in [0.25, 0.3) is 0 Å². The maximum atomic E-state index is 4.48. The van der Waals surface area contributed by atoms with Crippen LogP contribution < -0.4 is 0 Å². The van der Waals surface area contributed by atoms with Crippen molar-refractivity contribution in [1.29, 1.82) is 0 Å². The van der Waals surface area contributed by atoms with Gasteiger partial charge in [-0.05, 0) is 74.9 Å². The fourth-order valence-electron chi connectivity index (χ4n) is 1.79. The van der Waals surface area contributed by atoms with E-state index in [0.29, 0.717) is 0 Å². The maximum Gasteiger partial charge on any atom is 0.101 e. The summed E-state index contributed by atoms with van der Waals surface area (Å²) in [6, 6.07) is 11.9. The topological polar surface area (TPSA) is 38.7 Å². The van der Waals surface area contributed by atoms with Gasteiger partial charge in [-0.1, -0.05) is 0 Å². The van der Waals surface area contributed by atoms with Gasteiger partial charge in [0.15, 0.2) is 0 Å². The molecule has 20 heavy (non-hydrogen) atoms. The van der Waals surface area contributed by atoms with Gasteiger partial charge >= 0.3 is 0 Å². The van der Waals surface area contributed by atoms with Crippen LogP contribution in [0.3, 0.4) is 0 Å². The standard InChI is InChI=1S/C15H9BrIN3/c16-12-3-5-14(19-9-12)10-1-4-13(18-7-10)11-2-6-15(17)20-8-11/h1-9H. The molecule has 0 aliphatic rings. The van der Waals surface area contributed by atoms with E-state index in [9.17, 15) is 0 Å². The van der Waals surface area contributed by atoms with E-state index in [1.165, 1.54) is 0 Å². The Kier molecular flexibility index (Phi) is 4.07. The molecule has 3 rings (SSSR count). The highest BCUT2D eigenvalue weighted by atomic mass is 127. The second kappa shape index (κ2) is 5.97. The predicted molar refractivity (Wildman–Crippen MR) is 91.1 cm³/mol. The van der Waals surface area contributed by atoms with E-state index in [2.05, 4.69) is 53.5 Å². The smallest absolute Gasteiger partial charge is 0.101 e. The molecule has 0 spiro atoms. The van der Waals surface area contributed by atoms with Crippen LogP contribution in [0.5, 0.6) is 0 Å². The molecule has 0 aliphatic carbocycles.